The molecular formula is C15H20F2N2O. The Bertz CT molecular complexity index is 482. The van der Waals surface area contributed by atoms with Gasteiger partial charge in [0.05, 0.1) is 0 Å². The van der Waals surface area contributed by atoms with Crippen molar-refractivity contribution in [3.05, 3.63) is 29.3 Å². The second kappa shape index (κ2) is 6.20. The van der Waals surface area contributed by atoms with Gasteiger partial charge in [0.2, 0.25) is 0 Å². The fourth-order valence-electron chi connectivity index (χ4n) is 2.66. The lowest BCUT2D eigenvalue weighted by Gasteiger charge is -2.14. The van der Waals surface area contributed by atoms with Gasteiger partial charge in [0, 0.05) is 18.2 Å². The molecule has 1 saturated carbocycles. The highest BCUT2D eigenvalue weighted by atomic mass is 19.1. The van der Waals surface area contributed by atoms with Crippen LogP contribution in [0, 0.1) is 17.6 Å². The minimum absolute atomic E-state index is 0.0289. The van der Waals surface area contributed by atoms with Crippen molar-refractivity contribution in [3.8, 4) is 0 Å². The molecule has 1 aliphatic carbocycles. The van der Waals surface area contributed by atoms with E-state index in [2.05, 4.69) is 17.6 Å². The molecule has 0 saturated heterocycles. The molecule has 0 spiro atoms. The van der Waals surface area contributed by atoms with E-state index in [0.29, 0.717) is 12.5 Å². The van der Waals surface area contributed by atoms with Gasteiger partial charge in [-0.1, -0.05) is 6.92 Å². The molecule has 0 radical (unpaired) electrons. The Morgan fingerprint density at radius 1 is 1.30 bits per heavy atom. The Hall–Kier alpha value is -1.65. The molecule has 2 rings (SSSR count). The summed E-state index contributed by atoms with van der Waals surface area (Å²) in [5.41, 5.74) is -0.153. The van der Waals surface area contributed by atoms with E-state index in [0.717, 1.165) is 31.4 Å². The van der Waals surface area contributed by atoms with Gasteiger partial charge in [0.25, 0.3) is 5.91 Å². The minimum Gasteiger partial charge on any atom is -0.381 e. The molecule has 1 aliphatic rings. The molecule has 0 aromatic heterocycles. The Labute approximate surface area is 117 Å². The summed E-state index contributed by atoms with van der Waals surface area (Å²) >= 11 is 0. The third-order valence-electron chi connectivity index (χ3n) is 3.69. The maximum atomic E-state index is 13.8. The van der Waals surface area contributed by atoms with Gasteiger partial charge in [-0.05, 0) is 44.2 Å². The number of carbonyl (C=O) groups excluding carboxylic acids is 1. The van der Waals surface area contributed by atoms with Crippen molar-refractivity contribution in [3.63, 3.8) is 0 Å². The monoisotopic (exact) mass is 282 g/mol. The van der Waals surface area contributed by atoms with E-state index < -0.39 is 17.5 Å². The lowest BCUT2D eigenvalue weighted by atomic mass is 10.1. The maximum Gasteiger partial charge on any atom is 0.251 e. The molecule has 0 bridgehead atoms. The highest BCUT2D eigenvalue weighted by Gasteiger charge is 2.24. The van der Waals surface area contributed by atoms with Crippen molar-refractivity contribution in [2.75, 3.05) is 11.9 Å². The number of amides is 1. The molecule has 1 amide bonds. The van der Waals surface area contributed by atoms with Crippen LogP contribution in [0.4, 0.5) is 14.5 Å². The van der Waals surface area contributed by atoms with E-state index in [-0.39, 0.29) is 17.3 Å². The normalized spacial score (nSPS) is 21.8. The standard InChI is InChI=1S/C15H20F2N2O/c1-3-18-14-12(16)7-10(8-13(14)17)15(20)19-11-5-4-9(2)6-11/h7-9,11,18H,3-6H2,1-2H3,(H,19,20). The molecule has 5 heteroatoms. The Balaban J connectivity index is 2.10. The topological polar surface area (TPSA) is 41.1 Å². The SMILES string of the molecule is CCNc1c(F)cc(C(=O)NC2CCC(C)C2)cc1F. The first-order valence-corrected chi connectivity index (χ1v) is 7.05. The average molecular weight is 282 g/mol. The predicted molar refractivity (Wildman–Crippen MR) is 74.8 cm³/mol. The zero-order valence-corrected chi connectivity index (χ0v) is 11.8. The van der Waals surface area contributed by atoms with Crippen LogP contribution in [-0.4, -0.2) is 18.5 Å². The van der Waals surface area contributed by atoms with Crippen LogP contribution in [0.2, 0.25) is 0 Å². The minimum atomic E-state index is -0.739. The van der Waals surface area contributed by atoms with E-state index in [9.17, 15) is 13.6 Å². The van der Waals surface area contributed by atoms with Gasteiger partial charge >= 0.3 is 0 Å². The van der Waals surface area contributed by atoms with E-state index in [1.54, 1.807) is 6.92 Å². The van der Waals surface area contributed by atoms with Gasteiger partial charge in [-0.2, -0.15) is 0 Å². The van der Waals surface area contributed by atoms with Crippen LogP contribution in [0.3, 0.4) is 0 Å². The van der Waals surface area contributed by atoms with Crippen molar-refractivity contribution in [2.24, 2.45) is 5.92 Å². The number of benzene rings is 1. The molecule has 1 aromatic carbocycles. The first-order chi connectivity index (χ1) is 9.51. The largest absolute Gasteiger partial charge is 0.381 e. The molecule has 1 fully saturated rings. The summed E-state index contributed by atoms with van der Waals surface area (Å²) in [4.78, 5) is 12.0. The quantitative estimate of drug-likeness (QED) is 0.889. The summed E-state index contributed by atoms with van der Waals surface area (Å²) in [5.74, 6) is -1.30. The number of anilines is 1. The maximum absolute atomic E-state index is 13.8. The van der Waals surface area contributed by atoms with Crippen molar-refractivity contribution in [2.45, 2.75) is 39.2 Å². The first-order valence-electron chi connectivity index (χ1n) is 7.05. The van der Waals surface area contributed by atoms with Crippen LogP contribution in [0.15, 0.2) is 12.1 Å². The van der Waals surface area contributed by atoms with Gasteiger partial charge in [-0.25, -0.2) is 8.78 Å². The van der Waals surface area contributed by atoms with E-state index >= 15 is 0 Å². The summed E-state index contributed by atoms with van der Waals surface area (Å²) in [6.07, 6.45) is 2.92. The molecule has 2 N–H and O–H groups in total. The van der Waals surface area contributed by atoms with Crippen LogP contribution >= 0.6 is 0 Å². The zero-order chi connectivity index (χ0) is 14.7. The van der Waals surface area contributed by atoms with Gasteiger partial charge in [0.15, 0.2) is 0 Å². The van der Waals surface area contributed by atoms with Crippen LogP contribution in [0.1, 0.15) is 43.5 Å². The van der Waals surface area contributed by atoms with E-state index in [1.165, 1.54) is 0 Å². The Morgan fingerprint density at radius 2 is 1.95 bits per heavy atom. The Morgan fingerprint density at radius 3 is 2.45 bits per heavy atom. The fraction of sp³-hybridized carbons (Fsp3) is 0.533. The van der Waals surface area contributed by atoms with Gasteiger partial charge in [-0.15, -0.1) is 0 Å². The molecule has 1 aromatic rings. The van der Waals surface area contributed by atoms with Gasteiger partial charge in [-0.3, -0.25) is 4.79 Å². The van der Waals surface area contributed by atoms with Crippen molar-refractivity contribution < 1.29 is 13.6 Å². The molecule has 2 atom stereocenters. The van der Waals surface area contributed by atoms with Crippen LogP contribution in [-0.2, 0) is 0 Å². The van der Waals surface area contributed by atoms with Crippen molar-refractivity contribution in [1.82, 2.24) is 5.32 Å². The van der Waals surface area contributed by atoms with E-state index in [4.69, 9.17) is 0 Å². The average Bonchev–Trinajstić information content (AvgIpc) is 2.79. The molecule has 3 nitrogen and oxygen atoms in total. The lowest BCUT2D eigenvalue weighted by Crippen LogP contribution is -2.33. The molecule has 0 aliphatic heterocycles. The summed E-state index contributed by atoms with van der Waals surface area (Å²) in [6, 6.07) is 2.26. The zero-order valence-electron chi connectivity index (χ0n) is 11.8. The highest BCUT2D eigenvalue weighted by molar-refractivity contribution is 5.94. The molecule has 110 valence electrons. The van der Waals surface area contributed by atoms with Gasteiger partial charge < -0.3 is 10.6 Å². The first kappa shape index (κ1) is 14.8. The van der Waals surface area contributed by atoms with Crippen LogP contribution in [0.5, 0.6) is 0 Å². The summed E-state index contributed by atoms with van der Waals surface area (Å²) in [7, 11) is 0. The fourth-order valence-corrected chi connectivity index (χ4v) is 2.66. The lowest BCUT2D eigenvalue weighted by molar-refractivity contribution is 0.0936. The van der Waals surface area contributed by atoms with E-state index in [1.807, 2.05) is 0 Å². The molecule has 20 heavy (non-hydrogen) atoms. The summed E-state index contributed by atoms with van der Waals surface area (Å²) < 4.78 is 27.5. The predicted octanol–water partition coefficient (Wildman–Crippen LogP) is 3.32. The third kappa shape index (κ3) is 3.26. The summed E-state index contributed by atoms with van der Waals surface area (Å²) in [6.45, 7) is 4.30. The second-order valence-corrected chi connectivity index (χ2v) is 5.43. The smallest absolute Gasteiger partial charge is 0.251 e. The van der Waals surface area contributed by atoms with Crippen molar-refractivity contribution in [1.29, 1.82) is 0 Å². The van der Waals surface area contributed by atoms with Crippen LogP contribution in [0.25, 0.3) is 0 Å². The number of nitrogens with one attached hydrogen (secondary N) is 2. The van der Waals surface area contributed by atoms with Crippen LogP contribution < -0.4 is 10.6 Å². The number of hydrogen-bond donors (Lipinski definition) is 2. The number of carbonyl (C=O) groups is 1. The van der Waals surface area contributed by atoms with Gasteiger partial charge in [0.1, 0.15) is 17.3 Å². The number of rotatable bonds is 4. The number of hydrogen-bond acceptors (Lipinski definition) is 2. The Kier molecular flexibility index (Phi) is 4.57. The number of halogens is 2. The summed E-state index contributed by atoms with van der Waals surface area (Å²) in [5, 5.41) is 5.45. The second-order valence-electron chi connectivity index (χ2n) is 5.43. The molecule has 2 unspecified atom stereocenters. The highest BCUT2D eigenvalue weighted by Crippen LogP contribution is 2.25. The molecular weight excluding hydrogens is 262 g/mol. The third-order valence-corrected chi connectivity index (χ3v) is 3.69. The molecule has 0 heterocycles. The van der Waals surface area contributed by atoms with Crippen molar-refractivity contribution >= 4 is 11.6 Å².